The lowest BCUT2D eigenvalue weighted by molar-refractivity contribution is -0.105. The summed E-state index contributed by atoms with van der Waals surface area (Å²) in [6.45, 7) is -3.67. The Morgan fingerprint density at radius 1 is 1.28 bits per heavy atom. The van der Waals surface area contributed by atoms with Crippen molar-refractivity contribution in [3.63, 3.8) is 0 Å². The molecule has 1 aromatic carbocycles. The van der Waals surface area contributed by atoms with Crippen LogP contribution in [0.15, 0.2) is 30.6 Å². The van der Waals surface area contributed by atoms with Gasteiger partial charge < -0.3 is 16.4 Å². The minimum atomic E-state index is -3.67. The third-order valence-corrected chi connectivity index (χ3v) is 4.70. The molecule has 0 spiro atoms. The molecule has 0 saturated heterocycles. The van der Waals surface area contributed by atoms with Crippen molar-refractivity contribution in [2.75, 3.05) is 18.1 Å². The molecule has 2 aromatic rings. The van der Waals surface area contributed by atoms with Gasteiger partial charge in [-0.1, -0.05) is 25.0 Å². The van der Waals surface area contributed by atoms with Gasteiger partial charge in [-0.3, -0.25) is 9.78 Å². The van der Waals surface area contributed by atoms with Crippen LogP contribution >= 0.6 is 0 Å². The molecule has 1 heterocycles. The lowest BCUT2D eigenvalue weighted by atomic mass is 9.96. The van der Waals surface area contributed by atoms with Gasteiger partial charge in [-0.2, -0.15) is 13.2 Å². The molecule has 0 bridgehead atoms. The average Bonchev–Trinajstić information content (AvgIpc) is 3.48. The summed E-state index contributed by atoms with van der Waals surface area (Å²) in [5, 5.41) is 6.23. The lowest BCUT2D eigenvalue weighted by Crippen LogP contribution is -2.18. The summed E-state index contributed by atoms with van der Waals surface area (Å²) in [5.74, 6) is 1.30. The van der Waals surface area contributed by atoms with E-state index >= 15 is 0 Å². The van der Waals surface area contributed by atoms with Gasteiger partial charge in [-0.25, -0.2) is 4.98 Å². The van der Waals surface area contributed by atoms with Gasteiger partial charge in [-0.05, 0) is 43.0 Å². The fourth-order valence-corrected chi connectivity index (χ4v) is 3.19. The van der Waals surface area contributed by atoms with Crippen molar-refractivity contribution in [3.8, 4) is 0 Å². The normalized spacial score (nSPS) is 14.1. The fourth-order valence-electron chi connectivity index (χ4n) is 3.19. The second-order valence-electron chi connectivity index (χ2n) is 6.91. The zero-order valence-electron chi connectivity index (χ0n) is 16.2. The van der Waals surface area contributed by atoms with E-state index in [1.807, 2.05) is 13.1 Å². The zero-order valence-corrected chi connectivity index (χ0v) is 16.2. The van der Waals surface area contributed by atoms with Crippen LogP contribution in [0.3, 0.4) is 0 Å². The predicted octanol–water partition coefficient (Wildman–Crippen LogP) is 3.85. The molecule has 29 heavy (non-hydrogen) atoms. The van der Waals surface area contributed by atoms with Gasteiger partial charge in [0.25, 0.3) is 0 Å². The van der Waals surface area contributed by atoms with E-state index in [2.05, 4.69) is 32.7 Å². The number of nitrogens with two attached hydrogens (primary N) is 1. The van der Waals surface area contributed by atoms with E-state index < -0.39 is 6.68 Å². The summed E-state index contributed by atoms with van der Waals surface area (Å²) in [4.78, 5) is 19.4. The Morgan fingerprint density at radius 3 is 2.59 bits per heavy atom. The third-order valence-electron chi connectivity index (χ3n) is 4.70. The second-order valence-corrected chi connectivity index (χ2v) is 6.91. The molecule has 0 aliphatic heterocycles. The topological polar surface area (TPSA) is 92.9 Å². The number of aromatic nitrogens is 2. The number of alkyl halides is 3. The highest BCUT2D eigenvalue weighted by molar-refractivity contribution is 5.74. The van der Waals surface area contributed by atoms with E-state index in [1.54, 1.807) is 6.20 Å². The summed E-state index contributed by atoms with van der Waals surface area (Å²) < 4.78 is 29.0. The molecule has 1 fully saturated rings. The first-order valence-electron chi connectivity index (χ1n) is 9.41. The lowest BCUT2D eigenvalue weighted by Gasteiger charge is -2.20. The van der Waals surface area contributed by atoms with Gasteiger partial charge in [-0.15, -0.1) is 0 Å². The van der Waals surface area contributed by atoms with Gasteiger partial charge in [0.05, 0.1) is 11.9 Å². The van der Waals surface area contributed by atoms with Crippen molar-refractivity contribution in [2.24, 2.45) is 5.92 Å². The van der Waals surface area contributed by atoms with Gasteiger partial charge in [0.15, 0.2) is 0 Å². The number of nitrogen functional groups attached to an aromatic ring is 1. The fraction of sp³-hybridized carbons (Fsp3) is 0.450. The highest BCUT2D eigenvalue weighted by atomic mass is 19.4. The smallest absolute Gasteiger partial charge is 0.379 e. The van der Waals surface area contributed by atoms with Gasteiger partial charge >= 0.3 is 6.68 Å². The van der Waals surface area contributed by atoms with Crippen LogP contribution in [0.2, 0.25) is 0 Å². The van der Waals surface area contributed by atoms with Crippen molar-refractivity contribution >= 4 is 17.9 Å². The number of carbonyl (C=O) groups excluding carboxylic acids is 1. The first-order chi connectivity index (χ1) is 13.9. The molecule has 1 amide bonds. The van der Waals surface area contributed by atoms with E-state index in [0.29, 0.717) is 12.2 Å². The summed E-state index contributed by atoms with van der Waals surface area (Å²) in [7, 11) is 1.97. The number of amides is 1. The largest absolute Gasteiger partial charge is 0.382 e. The molecule has 1 aromatic heterocycles. The first kappa shape index (κ1) is 22.6. The second kappa shape index (κ2) is 11.4. The number of carbonyl (C=O) groups is 1. The van der Waals surface area contributed by atoms with Crippen molar-refractivity contribution in [1.29, 1.82) is 0 Å². The van der Waals surface area contributed by atoms with Crippen LogP contribution in [-0.2, 0) is 11.2 Å². The van der Waals surface area contributed by atoms with Crippen LogP contribution in [0.5, 0.6) is 0 Å². The Kier molecular flexibility index (Phi) is 8.85. The molecular formula is C20H26F3N5O. The third kappa shape index (κ3) is 8.06. The Morgan fingerprint density at radius 2 is 2.00 bits per heavy atom. The number of hydrogen-bond donors (Lipinski definition) is 3. The molecule has 1 atom stereocenters. The molecule has 1 aliphatic carbocycles. The Labute approximate surface area is 168 Å². The molecule has 1 aliphatic rings. The highest BCUT2D eigenvalue weighted by Gasteiger charge is 2.23. The SMILES string of the molecule is CNC(CCC1CC1)c1ccc(Cc2cncc(N)n2)cc1NC=O.FC(F)F. The molecule has 4 N–H and O–H groups in total. The van der Waals surface area contributed by atoms with Gasteiger partial charge in [0, 0.05) is 24.3 Å². The van der Waals surface area contributed by atoms with Gasteiger partial charge in [0.2, 0.25) is 6.41 Å². The van der Waals surface area contributed by atoms with Crippen LogP contribution in [0.25, 0.3) is 0 Å². The van der Waals surface area contributed by atoms with Crippen LogP contribution in [0.4, 0.5) is 24.7 Å². The summed E-state index contributed by atoms with van der Waals surface area (Å²) in [6.07, 6.45) is 9.62. The summed E-state index contributed by atoms with van der Waals surface area (Å²) >= 11 is 0. The Hall–Kier alpha value is -2.68. The monoisotopic (exact) mass is 409 g/mol. The minimum absolute atomic E-state index is 0.240. The summed E-state index contributed by atoms with van der Waals surface area (Å²) in [5.41, 5.74) is 9.53. The molecule has 6 nitrogen and oxygen atoms in total. The molecule has 0 radical (unpaired) electrons. The van der Waals surface area contributed by atoms with Crippen LogP contribution in [0.1, 0.15) is 48.5 Å². The number of nitrogens with zero attached hydrogens (tertiary/aromatic N) is 2. The highest BCUT2D eigenvalue weighted by Crippen LogP contribution is 2.37. The first-order valence-corrected chi connectivity index (χ1v) is 9.41. The van der Waals surface area contributed by atoms with E-state index in [0.717, 1.165) is 41.3 Å². The van der Waals surface area contributed by atoms with E-state index in [-0.39, 0.29) is 6.04 Å². The number of rotatable bonds is 9. The van der Waals surface area contributed by atoms with Crippen molar-refractivity contribution < 1.29 is 18.0 Å². The standard InChI is InChI=1S/C19H25N5O.CHF3/c1-21-17(7-5-13-2-3-13)16-6-4-14(9-18(16)23-12-25)8-15-10-22-11-19(20)24-15;2-1(3)4/h4,6,9-13,17,21H,2-3,5,7-8H2,1H3,(H2,20,24)(H,23,25);1H. The molecule has 1 unspecified atom stereocenters. The molecule has 158 valence electrons. The minimum Gasteiger partial charge on any atom is -0.382 e. The molecule has 9 heteroatoms. The van der Waals surface area contributed by atoms with Crippen LogP contribution < -0.4 is 16.4 Å². The quantitative estimate of drug-likeness (QED) is 0.547. The Balaban J connectivity index is 0.000000687. The summed E-state index contributed by atoms with van der Waals surface area (Å²) in [6, 6.07) is 6.42. The van der Waals surface area contributed by atoms with Crippen LogP contribution in [0, 0.1) is 5.92 Å². The predicted molar refractivity (Wildman–Crippen MR) is 106 cm³/mol. The number of anilines is 2. The zero-order chi connectivity index (χ0) is 21.2. The van der Waals surface area contributed by atoms with Crippen molar-refractivity contribution in [2.45, 2.75) is 44.8 Å². The number of halogens is 3. The van der Waals surface area contributed by atoms with Crippen LogP contribution in [-0.4, -0.2) is 30.1 Å². The average molecular weight is 409 g/mol. The van der Waals surface area contributed by atoms with Crippen molar-refractivity contribution in [3.05, 3.63) is 47.4 Å². The molecular weight excluding hydrogens is 383 g/mol. The maximum Gasteiger partial charge on any atom is 0.379 e. The number of hydrogen-bond acceptors (Lipinski definition) is 5. The molecule has 1 saturated carbocycles. The van der Waals surface area contributed by atoms with E-state index in [4.69, 9.17) is 5.73 Å². The molecule has 3 rings (SSSR count). The maximum absolute atomic E-state index is 11.1. The number of benzene rings is 1. The van der Waals surface area contributed by atoms with Crippen molar-refractivity contribution in [1.82, 2.24) is 15.3 Å². The maximum atomic E-state index is 11.1. The Bertz CT molecular complexity index is 784. The van der Waals surface area contributed by atoms with E-state index in [9.17, 15) is 18.0 Å². The van der Waals surface area contributed by atoms with Gasteiger partial charge in [0.1, 0.15) is 5.82 Å². The number of nitrogens with one attached hydrogen (secondary N) is 2. The van der Waals surface area contributed by atoms with E-state index in [1.165, 1.54) is 25.5 Å².